The molecule has 13 rings (SSSR count). The van der Waals surface area contributed by atoms with Gasteiger partial charge in [-0.25, -0.2) is 0 Å². The summed E-state index contributed by atoms with van der Waals surface area (Å²) in [4.78, 5) is 4.77. The third-order valence-corrected chi connectivity index (χ3v) is 15.5. The number of hydrogen-bond acceptors (Lipinski definition) is 6. The van der Waals surface area contributed by atoms with Crippen LogP contribution in [0.3, 0.4) is 0 Å². The van der Waals surface area contributed by atoms with Crippen molar-refractivity contribution in [1.82, 2.24) is 0 Å². The molecule has 0 aliphatic heterocycles. The van der Waals surface area contributed by atoms with E-state index in [9.17, 15) is 0 Å². The van der Waals surface area contributed by atoms with Gasteiger partial charge in [0, 0.05) is 33.5 Å². The van der Waals surface area contributed by atoms with Gasteiger partial charge < -0.3 is 28.7 Å². The Bertz CT molecular complexity index is 3820. The first-order chi connectivity index (χ1) is 39.6. The number of nitrogens with zero attached hydrogens (tertiary/aromatic N) is 2. The van der Waals surface area contributed by atoms with Crippen LogP contribution in [0.1, 0.15) is 53.4 Å². The summed E-state index contributed by atoms with van der Waals surface area (Å²) in [6.07, 6.45) is 3.79. The van der Waals surface area contributed by atoms with Gasteiger partial charge in [0.05, 0.1) is 37.8 Å². The Kier molecular flexibility index (Phi) is 13.7. The van der Waals surface area contributed by atoms with Crippen molar-refractivity contribution in [3.63, 3.8) is 0 Å². The lowest BCUT2D eigenvalue weighted by molar-refractivity contribution is 0.317. The summed E-state index contributed by atoms with van der Waals surface area (Å²) in [5.74, 6) is 3.45. The smallest absolute Gasteiger partial charge is 0.119 e. The van der Waals surface area contributed by atoms with Gasteiger partial charge in [0.2, 0.25) is 0 Å². The Balaban J connectivity index is 1.10. The molecule has 0 saturated carbocycles. The summed E-state index contributed by atoms with van der Waals surface area (Å²) >= 11 is 0. The second kappa shape index (κ2) is 21.9. The standard InChI is InChI=1S/C74H64N2O4/c1-5-45-77-55-33-25-51(26-34-55)75(52-27-35-56(36-28-52)78-46-6-2)65-43-41-63-69-59(65)21-15-23-61(69)71-67(49-17-11-9-12-18-49)74-64-42-44-66(60-22-16-24-62(70(60)64)72(74)68(73(63)71)50-19-13-10-14-20-50)76(53-29-37-57(38-30-53)79-47-7-3)54-31-39-58(40-32-54)80-48-8-4/h9-44H,5-8,45-48H2,1-4H3. The van der Waals surface area contributed by atoms with Crippen molar-refractivity contribution in [2.75, 3.05) is 36.2 Å². The minimum absolute atomic E-state index is 0.673. The van der Waals surface area contributed by atoms with Crippen LogP contribution in [-0.4, -0.2) is 26.4 Å². The molecule has 0 fully saturated rings. The SMILES string of the molecule is CCCOc1ccc(N(c2ccc(OCCC)cc2)c2ccc3c4c(-c5ccccc5)c5c6cccc7c(N(c8ccc(OCCC)cc8)c8ccc(OCCC)cc8)ccc(c5c(-c5ccccc5)c4c4cccc2c43)c76)cc1. The van der Waals surface area contributed by atoms with Crippen molar-refractivity contribution in [2.45, 2.75) is 53.4 Å². The summed E-state index contributed by atoms with van der Waals surface area (Å²) in [7, 11) is 0. The first kappa shape index (κ1) is 50.3. The molecular weight excluding hydrogens is 981 g/mol. The Morgan fingerprint density at radius 3 is 0.812 bits per heavy atom. The molecule has 0 spiro atoms. The molecule has 13 aromatic rings. The van der Waals surface area contributed by atoms with Gasteiger partial charge in [-0.05, 0) is 211 Å². The molecule has 0 radical (unpaired) electrons. The van der Waals surface area contributed by atoms with Crippen molar-refractivity contribution in [2.24, 2.45) is 0 Å². The average molecular weight is 1050 g/mol. The van der Waals surface area contributed by atoms with E-state index in [0.717, 1.165) is 82.8 Å². The Morgan fingerprint density at radius 2 is 0.525 bits per heavy atom. The van der Waals surface area contributed by atoms with Crippen molar-refractivity contribution in [3.8, 4) is 45.3 Å². The monoisotopic (exact) mass is 1040 g/mol. The number of benzene rings is 11. The van der Waals surface area contributed by atoms with E-state index in [2.05, 4.69) is 256 Å². The molecular formula is C74H64N2O4. The number of rotatable bonds is 20. The molecule has 0 amide bonds. The van der Waals surface area contributed by atoms with Crippen LogP contribution in [0, 0.1) is 0 Å². The topological polar surface area (TPSA) is 43.4 Å². The van der Waals surface area contributed by atoms with E-state index in [-0.39, 0.29) is 0 Å². The fourth-order valence-electron chi connectivity index (χ4n) is 12.1. The van der Waals surface area contributed by atoms with Crippen LogP contribution < -0.4 is 28.7 Å². The quantitative estimate of drug-likeness (QED) is 0.0758. The number of fused-ring (bicyclic) bond motifs is 6. The van der Waals surface area contributed by atoms with E-state index in [1.165, 1.54) is 86.9 Å². The van der Waals surface area contributed by atoms with Gasteiger partial charge in [-0.2, -0.15) is 0 Å². The molecule has 6 heteroatoms. The van der Waals surface area contributed by atoms with Crippen molar-refractivity contribution in [3.05, 3.63) is 218 Å². The zero-order chi connectivity index (χ0) is 54.1. The maximum absolute atomic E-state index is 6.10. The summed E-state index contributed by atoms with van der Waals surface area (Å²) in [5.41, 5.74) is 11.2. The van der Waals surface area contributed by atoms with Gasteiger partial charge in [-0.15, -0.1) is 0 Å². The Hall–Kier alpha value is -9.26. The number of hydrogen-bond donors (Lipinski definition) is 0. The highest BCUT2D eigenvalue weighted by molar-refractivity contribution is 6.47. The van der Waals surface area contributed by atoms with E-state index in [4.69, 9.17) is 18.9 Å². The molecule has 0 heterocycles. The van der Waals surface area contributed by atoms with Gasteiger partial charge in [0.1, 0.15) is 23.0 Å². The van der Waals surface area contributed by atoms with Crippen molar-refractivity contribution in [1.29, 1.82) is 0 Å². The van der Waals surface area contributed by atoms with Gasteiger partial charge in [0.15, 0.2) is 0 Å². The van der Waals surface area contributed by atoms with Gasteiger partial charge in [0.25, 0.3) is 0 Å². The lowest BCUT2D eigenvalue weighted by Crippen LogP contribution is -2.10. The largest absolute Gasteiger partial charge is 0.494 e. The fraction of sp³-hybridized carbons (Fsp3) is 0.162. The van der Waals surface area contributed by atoms with Crippen LogP contribution in [-0.2, 0) is 0 Å². The normalized spacial score (nSPS) is 11.7. The molecule has 0 saturated heterocycles. The van der Waals surface area contributed by atoms with Crippen molar-refractivity contribution < 1.29 is 18.9 Å². The molecule has 0 bridgehead atoms. The van der Waals surface area contributed by atoms with Gasteiger partial charge in [-0.1, -0.05) is 137 Å². The van der Waals surface area contributed by atoms with Crippen LogP contribution in [0.5, 0.6) is 23.0 Å². The lowest BCUT2D eigenvalue weighted by Gasteiger charge is -2.27. The molecule has 0 aliphatic carbocycles. The molecule has 0 aromatic heterocycles. The summed E-state index contributed by atoms with van der Waals surface area (Å²) in [6, 6.07) is 79.7. The summed E-state index contributed by atoms with van der Waals surface area (Å²) < 4.78 is 24.4. The third-order valence-electron chi connectivity index (χ3n) is 15.5. The van der Waals surface area contributed by atoms with Crippen LogP contribution >= 0.6 is 0 Å². The van der Waals surface area contributed by atoms with Crippen LogP contribution in [0.25, 0.3) is 86.9 Å². The van der Waals surface area contributed by atoms with E-state index in [0.29, 0.717) is 26.4 Å². The number of ether oxygens (including phenoxy) is 4. The summed E-state index contributed by atoms with van der Waals surface area (Å²) in [6.45, 7) is 11.2. The first-order valence-corrected chi connectivity index (χ1v) is 28.6. The van der Waals surface area contributed by atoms with E-state index < -0.39 is 0 Å². The third kappa shape index (κ3) is 8.85. The molecule has 6 nitrogen and oxygen atoms in total. The molecule has 0 atom stereocenters. The number of anilines is 6. The molecule has 13 aromatic carbocycles. The minimum atomic E-state index is 0.673. The van der Waals surface area contributed by atoms with Gasteiger partial charge in [-0.3, -0.25) is 0 Å². The van der Waals surface area contributed by atoms with E-state index >= 15 is 0 Å². The predicted molar refractivity (Wildman–Crippen MR) is 337 cm³/mol. The second-order valence-corrected chi connectivity index (χ2v) is 20.7. The Morgan fingerprint density at radius 1 is 0.250 bits per heavy atom. The lowest BCUT2D eigenvalue weighted by atomic mass is 9.87. The highest BCUT2D eigenvalue weighted by Gasteiger charge is 2.30. The molecule has 0 aliphatic rings. The zero-order valence-corrected chi connectivity index (χ0v) is 46.0. The van der Waals surface area contributed by atoms with Crippen LogP contribution in [0.2, 0.25) is 0 Å². The maximum atomic E-state index is 6.10. The highest BCUT2D eigenvalue weighted by Crippen LogP contribution is 2.58. The van der Waals surface area contributed by atoms with Gasteiger partial charge >= 0.3 is 0 Å². The average Bonchev–Trinajstić information content (AvgIpc) is 2.79. The van der Waals surface area contributed by atoms with Crippen LogP contribution in [0.15, 0.2) is 218 Å². The molecule has 0 unspecified atom stereocenters. The molecule has 394 valence electrons. The maximum Gasteiger partial charge on any atom is 0.119 e. The van der Waals surface area contributed by atoms with E-state index in [1.54, 1.807) is 0 Å². The van der Waals surface area contributed by atoms with E-state index in [1.807, 2.05) is 0 Å². The Labute approximate surface area is 468 Å². The second-order valence-electron chi connectivity index (χ2n) is 20.7. The fourth-order valence-corrected chi connectivity index (χ4v) is 12.1. The predicted octanol–water partition coefficient (Wildman–Crippen LogP) is 20.9. The molecule has 0 N–H and O–H groups in total. The van der Waals surface area contributed by atoms with Crippen LogP contribution in [0.4, 0.5) is 34.1 Å². The molecule has 80 heavy (non-hydrogen) atoms. The zero-order valence-electron chi connectivity index (χ0n) is 46.0. The van der Waals surface area contributed by atoms with Crippen molar-refractivity contribution >= 4 is 98.8 Å². The minimum Gasteiger partial charge on any atom is -0.494 e. The first-order valence-electron chi connectivity index (χ1n) is 28.6. The highest BCUT2D eigenvalue weighted by atomic mass is 16.5. The summed E-state index contributed by atoms with van der Waals surface area (Å²) in [5, 5.41) is 14.8.